The first kappa shape index (κ1) is 14.9. The molecule has 1 N–H and O–H groups in total. The van der Waals surface area contributed by atoms with E-state index in [4.69, 9.17) is 0 Å². The van der Waals surface area contributed by atoms with Crippen molar-refractivity contribution in [3.05, 3.63) is 35.9 Å². The summed E-state index contributed by atoms with van der Waals surface area (Å²) in [6.07, 6.45) is 2.65. The molecule has 2 aliphatic rings. The third kappa shape index (κ3) is 3.80. The fourth-order valence-electron chi connectivity index (χ4n) is 3.01. The van der Waals surface area contributed by atoms with Crippen LogP contribution in [0.3, 0.4) is 0 Å². The van der Waals surface area contributed by atoms with Crippen molar-refractivity contribution in [2.24, 2.45) is 5.92 Å². The summed E-state index contributed by atoms with van der Waals surface area (Å²) in [6.45, 7) is 4.58. The molecule has 1 saturated heterocycles. The lowest BCUT2D eigenvalue weighted by atomic mass is 10.0. The van der Waals surface area contributed by atoms with E-state index in [0.717, 1.165) is 24.8 Å². The van der Waals surface area contributed by atoms with Crippen LogP contribution < -0.4 is 5.32 Å². The number of carbonyl (C=O) groups excluding carboxylic acids is 1. The summed E-state index contributed by atoms with van der Waals surface area (Å²) in [5, 5.41) is 3.79. The van der Waals surface area contributed by atoms with Crippen molar-refractivity contribution < 1.29 is 4.79 Å². The third-order valence-electron chi connectivity index (χ3n) is 4.36. The van der Waals surface area contributed by atoms with Gasteiger partial charge in [0, 0.05) is 17.5 Å². The summed E-state index contributed by atoms with van der Waals surface area (Å²) < 4.78 is 0. The maximum Gasteiger partial charge on any atom is 0.237 e. The number of nitrogens with zero attached hydrogens (tertiary/aromatic N) is 1. The molecular weight excluding hydrogens is 280 g/mol. The van der Waals surface area contributed by atoms with Crippen molar-refractivity contribution in [3.63, 3.8) is 0 Å². The van der Waals surface area contributed by atoms with E-state index in [1.807, 2.05) is 17.8 Å². The molecule has 2 atom stereocenters. The Hall–Kier alpha value is -1.00. The lowest BCUT2D eigenvalue weighted by Crippen LogP contribution is -2.47. The molecule has 4 heteroatoms. The average Bonchev–Trinajstić information content (AvgIpc) is 3.32. The molecule has 3 nitrogen and oxygen atoms in total. The molecule has 1 heterocycles. The smallest absolute Gasteiger partial charge is 0.237 e. The van der Waals surface area contributed by atoms with Gasteiger partial charge < -0.3 is 10.2 Å². The van der Waals surface area contributed by atoms with Gasteiger partial charge in [-0.3, -0.25) is 4.79 Å². The van der Waals surface area contributed by atoms with E-state index in [-0.39, 0.29) is 11.9 Å². The number of thioether (sulfide) groups is 1. The lowest BCUT2D eigenvalue weighted by Gasteiger charge is -2.40. The van der Waals surface area contributed by atoms with Gasteiger partial charge in [-0.15, -0.1) is 0 Å². The molecule has 0 bridgehead atoms. The van der Waals surface area contributed by atoms with E-state index in [2.05, 4.69) is 41.4 Å². The molecule has 1 aliphatic carbocycles. The van der Waals surface area contributed by atoms with Crippen LogP contribution in [0.1, 0.15) is 31.4 Å². The van der Waals surface area contributed by atoms with Gasteiger partial charge in [0.15, 0.2) is 0 Å². The lowest BCUT2D eigenvalue weighted by molar-refractivity contribution is -0.132. The Morgan fingerprint density at radius 1 is 1.33 bits per heavy atom. The van der Waals surface area contributed by atoms with Crippen molar-refractivity contribution in [2.45, 2.75) is 31.1 Å². The summed E-state index contributed by atoms with van der Waals surface area (Å²) in [4.78, 5) is 14.7. The van der Waals surface area contributed by atoms with E-state index in [1.54, 1.807) is 0 Å². The topological polar surface area (TPSA) is 32.3 Å². The van der Waals surface area contributed by atoms with E-state index in [9.17, 15) is 4.79 Å². The van der Waals surface area contributed by atoms with Crippen LogP contribution in [0.25, 0.3) is 0 Å². The Morgan fingerprint density at radius 3 is 2.81 bits per heavy atom. The Balaban J connectivity index is 1.66. The summed E-state index contributed by atoms with van der Waals surface area (Å²) in [7, 11) is 0. The van der Waals surface area contributed by atoms with Gasteiger partial charge in [0.25, 0.3) is 0 Å². The molecular formula is C17H24N2OS. The van der Waals surface area contributed by atoms with E-state index in [1.165, 1.54) is 18.4 Å². The van der Waals surface area contributed by atoms with Crippen molar-refractivity contribution >= 4 is 17.7 Å². The maximum absolute atomic E-state index is 12.6. The van der Waals surface area contributed by atoms with E-state index in [0.29, 0.717) is 11.8 Å². The van der Waals surface area contributed by atoms with Crippen molar-refractivity contribution in [2.75, 3.05) is 25.4 Å². The van der Waals surface area contributed by atoms with Gasteiger partial charge >= 0.3 is 0 Å². The van der Waals surface area contributed by atoms with Gasteiger partial charge in [0.2, 0.25) is 5.91 Å². The van der Waals surface area contributed by atoms with Crippen LogP contribution in [0.2, 0.25) is 0 Å². The van der Waals surface area contributed by atoms with Crippen LogP contribution in [-0.4, -0.2) is 41.4 Å². The third-order valence-corrected chi connectivity index (χ3v) is 5.56. The highest BCUT2D eigenvalue weighted by Crippen LogP contribution is 2.35. The van der Waals surface area contributed by atoms with Gasteiger partial charge in [-0.25, -0.2) is 0 Å². The second-order valence-corrected chi connectivity index (χ2v) is 7.58. The molecule has 1 aliphatic heterocycles. The van der Waals surface area contributed by atoms with Crippen LogP contribution in [-0.2, 0) is 4.79 Å². The predicted molar refractivity (Wildman–Crippen MR) is 88.4 cm³/mol. The zero-order chi connectivity index (χ0) is 14.7. The first-order chi connectivity index (χ1) is 10.3. The predicted octanol–water partition coefficient (Wildman–Crippen LogP) is 2.69. The summed E-state index contributed by atoms with van der Waals surface area (Å²) in [5.41, 5.74) is 1.26. The van der Waals surface area contributed by atoms with Gasteiger partial charge in [-0.05, 0) is 30.9 Å². The van der Waals surface area contributed by atoms with Gasteiger partial charge in [-0.2, -0.15) is 11.8 Å². The Kier molecular flexibility index (Phi) is 4.86. The Bertz CT molecular complexity index is 475. The minimum Gasteiger partial charge on any atom is -0.333 e. The average molecular weight is 304 g/mol. The second kappa shape index (κ2) is 6.84. The van der Waals surface area contributed by atoms with Gasteiger partial charge in [0.05, 0.1) is 12.6 Å². The quantitative estimate of drug-likeness (QED) is 0.908. The van der Waals surface area contributed by atoms with Crippen LogP contribution >= 0.6 is 11.8 Å². The SMILES string of the molecule is CC1SCCN(C(=O)CNCC2CC2)C1c1ccccc1. The highest BCUT2D eigenvalue weighted by Gasteiger charge is 2.33. The number of hydrogen-bond acceptors (Lipinski definition) is 3. The standard InChI is InChI=1S/C17H24N2OS/c1-13-17(15-5-3-2-4-6-15)19(9-10-21-13)16(20)12-18-11-14-7-8-14/h2-6,13-14,17-18H,7-12H2,1H3. The second-order valence-electron chi connectivity index (χ2n) is 6.09. The molecule has 0 aromatic heterocycles. The molecule has 1 amide bonds. The number of hydrogen-bond donors (Lipinski definition) is 1. The maximum atomic E-state index is 12.6. The fraction of sp³-hybridized carbons (Fsp3) is 0.588. The van der Waals surface area contributed by atoms with Crippen molar-refractivity contribution in [1.82, 2.24) is 10.2 Å². The number of nitrogens with one attached hydrogen (secondary N) is 1. The number of carbonyl (C=O) groups is 1. The normalized spacial score (nSPS) is 25.9. The zero-order valence-electron chi connectivity index (χ0n) is 12.6. The number of benzene rings is 1. The molecule has 114 valence electrons. The Morgan fingerprint density at radius 2 is 2.10 bits per heavy atom. The molecule has 21 heavy (non-hydrogen) atoms. The van der Waals surface area contributed by atoms with Gasteiger partial charge in [0.1, 0.15) is 0 Å². The minimum absolute atomic E-state index is 0.208. The highest BCUT2D eigenvalue weighted by molar-refractivity contribution is 8.00. The van der Waals surface area contributed by atoms with Crippen molar-refractivity contribution in [3.8, 4) is 0 Å². The largest absolute Gasteiger partial charge is 0.333 e. The summed E-state index contributed by atoms with van der Waals surface area (Å²) in [6, 6.07) is 10.7. The first-order valence-corrected chi connectivity index (χ1v) is 8.97. The summed E-state index contributed by atoms with van der Waals surface area (Å²) in [5.74, 6) is 2.11. The van der Waals surface area contributed by atoms with Gasteiger partial charge in [-0.1, -0.05) is 37.3 Å². The molecule has 0 spiro atoms. The number of rotatable bonds is 5. The van der Waals surface area contributed by atoms with E-state index < -0.39 is 0 Å². The summed E-state index contributed by atoms with van der Waals surface area (Å²) >= 11 is 1.97. The molecule has 1 aromatic carbocycles. The highest BCUT2D eigenvalue weighted by atomic mass is 32.2. The van der Waals surface area contributed by atoms with Crippen LogP contribution in [0, 0.1) is 5.92 Å². The van der Waals surface area contributed by atoms with Crippen LogP contribution in [0.4, 0.5) is 0 Å². The molecule has 2 fully saturated rings. The number of amides is 1. The first-order valence-electron chi connectivity index (χ1n) is 7.92. The minimum atomic E-state index is 0.208. The zero-order valence-corrected chi connectivity index (χ0v) is 13.4. The molecule has 1 aromatic rings. The molecule has 3 rings (SSSR count). The fourth-order valence-corrected chi connectivity index (χ4v) is 4.17. The Labute approximate surface area is 131 Å². The van der Waals surface area contributed by atoms with Crippen molar-refractivity contribution in [1.29, 1.82) is 0 Å². The molecule has 0 radical (unpaired) electrons. The monoisotopic (exact) mass is 304 g/mol. The van der Waals surface area contributed by atoms with E-state index >= 15 is 0 Å². The van der Waals surface area contributed by atoms with Crippen LogP contribution in [0.15, 0.2) is 30.3 Å². The van der Waals surface area contributed by atoms with Crippen LogP contribution in [0.5, 0.6) is 0 Å². The molecule has 2 unspecified atom stereocenters. The molecule has 1 saturated carbocycles.